The number of hydrogen-bond donors (Lipinski definition) is 3. The van der Waals surface area contributed by atoms with E-state index in [1.165, 1.54) is 0 Å². The normalized spacial score (nSPS) is 15.8. The Morgan fingerprint density at radius 2 is 1.81 bits per heavy atom. The Bertz CT molecular complexity index is 881. The van der Waals surface area contributed by atoms with Gasteiger partial charge in [0.15, 0.2) is 0 Å². The van der Waals surface area contributed by atoms with Crippen molar-refractivity contribution >= 4 is 23.6 Å². The quantitative estimate of drug-likeness (QED) is 0.606. The third-order valence-corrected chi connectivity index (χ3v) is 5.39. The molecule has 142 valence electrons. The molecular formula is C20H25N5OS. The highest BCUT2D eigenvalue weighted by Gasteiger charge is 2.15. The second-order valence-electron chi connectivity index (χ2n) is 6.67. The number of rotatable bonds is 0. The molecule has 4 bridgehead atoms. The molecule has 1 amide bonds. The van der Waals surface area contributed by atoms with Gasteiger partial charge in [-0.1, -0.05) is 12.6 Å². The summed E-state index contributed by atoms with van der Waals surface area (Å²) in [5.41, 5.74) is 11.2. The number of benzene rings is 1. The summed E-state index contributed by atoms with van der Waals surface area (Å²) in [4.78, 5) is 21.4. The number of hydrogen-bond acceptors (Lipinski definition) is 6. The van der Waals surface area contributed by atoms with E-state index in [-0.39, 0.29) is 11.9 Å². The van der Waals surface area contributed by atoms with Crippen LogP contribution in [0.5, 0.6) is 0 Å². The van der Waals surface area contributed by atoms with Crippen LogP contribution in [0.3, 0.4) is 0 Å². The summed E-state index contributed by atoms with van der Waals surface area (Å²) in [6.45, 7) is 9.42. The predicted molar refractivity (Wildman–Crippen MR) is 111 cm³/mol. The van der Waals surface area contributed by atoms with Crippen LogP contribution in [0.25, 0.3) is 11.3 Å². The van der Waals surface area contributed by atoms with Crippen LogP contribution < -0.4 is 16.4 Å². The number of carbonyl (C=O) groups excluding carboxylic acids is 1. The van der Waals surface area contributed by atoms with Gasteiger partial charge in [0.1, 0.15) is 5.03 Å². The van der Waals surface area contributed by atoms with Crippen LogP contribution in [0, 0.1) is 13.8 Å². The van der Waals surface area contributed by atoms with Crippen molar-refractivity contribution < 1.29 is 4.79 Å². The Labute approximate surface area is 164 Å². The fourth-order valence-electron chi connectivity index (χ4n) is 3.05. The average Bonchev–Trinajstić information content (AvgIpc) is 2.60. The number of nitrogens with two attached hydrogens (primary N) is 1. The highest BCUT2D eigenvalue weighted by molar-refractivity contribution is 7.99. The number of aryl methyl sites for hydroxylation is 2. The van der Waals surface area contributed by atoms with Gasteiger partial charge < -0.3 is 16.4 Å². The Morgan fingerprint density at radius 3 is 2.63 bits per heavy atom. The van der Waals surface area contributed by atoms with Crippen LogP contribution in [-0.4, -0.2) is 34.7 Å². The van der Waals surface area contributed by atoms with Crippen molar-refractivity contribution in [1.29, 1.82) is 0 Å². The van der Waals surface area contributed by atoms with Gasteiger partial charge >= 0.3 is 0 Å². The third kappa shape index (κ3) is 4.80. The maximum Gasteiger partial charge on any atom is 0.251 e. The number of anilines is 1. The number of amides is 1. The lowest BCUT2D eigenvalue weighted by molar-refractivity contribution is 0.0952. The molecule has 2 aromatic rings. The fourth-order valence-corrected chi connectivity index (χ4v) is 3.96. The molecule has 3 rings (SSSR count). The van der Waals surface area contributed by atoms with Crippen molar-refractivity contribution in [2.45, 2.75) is 31.7 Å². The van der Waals surface area contributed by atoms with Crippen LogP contribution >= 0.6 is 11.8 Å². The number of carbonyl (C=O) groups is 1. The Balaban J connectivity index is 2.03. The minimum Gasteiger partial charge on any atom is -0.389 e. The lowest BCUT2D eigenvalue weighted by Gasteiger charge is -2.15. The highest BCUT2D eigenvalue weighted by Crippen LogP contribution is 2.29. The molecule has 1 aliphatic rings. The first-order valence-electron chi connectivity index (χ1n) is 9.03. The molecule has 0 atom stereocenters. The first-order valence-corrected chi connectivity index (χ1v) is 10.0. The standard InChI is InChI=1S/C20H25N5OS/c1-12-9-13(2)16-10-15(12)17-11-18(25-20(21)24-17)27-8-5-14(3)22-6-4-7-23-19(16)26/h9-11,22H,3-8H2,1-2H3,(H,23,26)(H2,21,24,25). The maximum absolute atomic E-state index is 12.6. The van der Waals surface area contributed by atoms with Crippen molar-refractivity contribution in [3.8, 4) is 11.3 Å². The second-order valence-corrected chi connectivity index (χ2v) is 7.79. The second kappa shape index (κ2) is 8.43. The number of nitrogens with one attached hydrogen (secondary N) is 2. The van der Waals surface area contributed by atoms with Gasteiger partial charge in [-0.05, 0) is 49.9 Å². The molecule has 0 unspecified atom stereocenters. The molecule has 0 radical (unpaired) electrons. The topological polar surface area (TPSA) is 92.9 Å². The van der Waals surface area contributed by atoms with Crippen molar-refractivity contribution in [2.75, 3.05) is 24.6 Å². The van der Waals surface area contributed by atoms with E-state index in [1.807, 2.05) is 32.0 Å². The van der Waals surface area contributed by atoms with Gasteiger partial charge in [0, 0.05) is 35.7 Å². The first kappa shape index (κ1) is 19.2. The van der Waals surface area contributed by atoms with Gasteiger partial charge in [0.05, 0.1) is 5.69 Å². The summed E-state index contributed by atoms with van der Waals surface area (Å²) in [6.07, 6.45) is 1.68. The third-order valence-electron chi connectivity index (χ3n) is 4.48. The van der Waals surface area contributed by atoms with Gasteiger partial charge in [-0.15, -0.1) is 11.8 Å². The lowest BCUT2D eigenvalue weighted by Crippen LogP contribution is -2.28. The molecule has 1 aromatic carbocycles. The number of nitrogens with zero attached hydrogens (tertiary/aromatic N) is 2. The Kier molecular flexibility index (Phi) is 6.01. The summed E-state index contributed by atoms with van der Waals surface area (Å²) in [7, 11) is 0. The van der Waals surface area contributed by atoms with E-state index in [1.54, 1.807) is 11.8 Å². The highest BCUT2D eigenvalue weighted by atomic mass is 32.2. The van der Waals surface area contributed by atoms with Crippen molar-refractivity contribution in [1.82, 2.24) is 20.6 Å². The van der Waals surface area contributed by atoms with E-state index in [9.17, 15) is 4.79 Å². The molecule has 0 aliphatic carbocycles. The molecule has 4 N–H and O–H groups in total. The van der Waals surface area contributed by atoms with E-state index in [0.29, 0.717) is 12.1 Å². The van der Waals surface area contributed by atoms with Crippen LogP contribution in [0.1, 0.15) is 34.3 Å². The fraction of sp³-hybridized carbons (Fsp3) is 0.350. The summed E-state index contributed by atoms with van der Waals surface area (Å²) < 4.78 is 0. The lowest BCUT2D eigenvalue weighted by atomic mass is 9.97. The van der Waals surface area contributed by atoms with Gasteiger partial charge in [-0.2, -0.15) is 0 Å². The predicted octanol–water partition coefficient (Wildman–Crippen LogP) is 3.06. The zero-order valence-electron chi connectivity index (χ0n) is 15.8. The van der Waals surface area contributed by atoms with E-state index < -0.39 is 0 Å². The summed E-state index contributed by atoms with van der Waals surface area (Å²) >= 11 is 1.63. The van der Waals surface area contributed by atoms with Crippen molar-refractivity contribution in [3.05, 3.63) is 47.2 Å². The Hall–Kier alpha value is -2.54. The maximum atomic E-state index is 12.6. The molecule has 7 heteroatoms. The zero-order chi connectivity index (χ0) is 19.4. The van der Waals surface area contributed by atoms with Gasteiger partial charge in [0.25, 0.3) is 5.91 Å². The summed E-state index contributed by atoms with van der Waals surface area (Å²) in [5, 5.41) is 7.12. The molecule has 2 heterocycles. The molecule has 1 aliphatic heterocycles. The van der Waals surface area contributed by atoms with Gasteiger partial charge in [-0.3, -0.25) is 4.79 Å². The van der Waals surface area contributed by atoms with E-state index in [4.69, 9.17) is 5.73 Å². The molecule has 27 heavy (non-hydrogen) atoms. The monoisotopic (exact) mass is 383 g/mol. The SMILES string of the molecule is C=C1CCSc2cc(nc(N)n2)-c2cc(c(C)cc2C)C(=O)NCCCN1. The van der Waals surface area contributed by atoms with Crippen LogP contribution in [0.15, 0.2) is 35.5 Å². The van der Waals surface area contributed by atoms with Gasteiger partial charge in [-0.25, -0.2) is 9.97 Å². The van der Waals surface area contributed by atoms with Crippen LogP contribution in [0.2, 0.25) is 0 Å². The first-order chi connectivity index (χ1) is 12.9. The zero-order valence-corrected chi connectivity index (χ0v) is 16.6. The minimum atomic E-state index is -0.0729. The molecule has 0 spiro atoms. The molecule has 6 nitrogen and oxygen atoms in total. The minimum absolute atomic E-state index is 0.0729. The van der Waals surface area contributed by atoms with E-state index >= 15 is 0 Å². The Morgan fingerprint density at radius 1 is 1.07 bits per heavy atom. The number of aromatic nitrogens is 2. The van der Waals surface area contributed by atoms with Crippen LogP contribution in [-0.2, 0) is 0 Å². The molecule has 0 fully saturated rings. The van der Waals surface area contributed by atoms with Crippen molar-refractivity contribution in [3.63, 3.8) is 0 Å². The summed E-state index contributed by atoms with van der Waals surface area (Å²) in [5.74, 6) is 1.02. The van der Waals surface area contributed by atoms with Gasteiger partial charge in [0.2, 0.25) is 5.95 Å². The molecule has 1 aromatic heterocycles. The van der Waals surface area contributed by atoms with Crippen LogP contribution in [0.4, 0.5) is 5.95 Å². The average molecular weight is 384 g/mol. The largest absolute Gasteiger partial charge is 0.389 e. The molecule has 0 saturated carbocycles. The number of allylic oxidation sites excluding steroid dienone is 1. The number of fused-ring (bicyclic) bond motifs is 5. The number of nitrogen functional groups attached to an aromatic ring is 1. The molecular weight excluding hydrogens is 358 g/mol. The molecule has 0 saturated heterocycles. The smallest absolute Gasteiger partial charge is 0.251 e. The van der Waals surface area contributed by atoms with Crippen molar-refractivity contribution in [2.24, 2.45) is 0 Å². The van der Waals surface area contributed by atoms with E-state index in [0.717, 1.165) is 58.2 Å². The summed E-state index contributed by atoms with van der Waals surface area (Å²) in [6, 6.07) is 5.86. The number of thioether (sulfide) groups is 1. The van der Waals surface area contributed by atoms with E-state index in [2.05, 4.69) is 27.2 Å².